The van der Waals surface area contributed by atoms with E-state index in [1.165, 1.54) is 29.0 Å². The molecule has 0 fully saturated rings. The second kappa shape index (κ2) is 6.88. The number of aryl methyl sites for hydroxylation is 1. The zero-order valence-electron chi connectivity index (χ0n) is 14.4. The third-order valence-corrected chi connectivity index (χ3v) is 5.43. The van der Waals surface area contributed by atoms with Gasteiger partial charge >= 0.3 is 15.5 Å². The molecule has 0 bridgehead atoms. The number of nitrogens with zero attached hydrogens (tertiary/aromatic N) is 1. The molecule has 144 valence electrons. The van der Waals surface area contributed by atoms with Crippen molar-refractivity contribution in [2.75, 3.05) is 11.3 Å². The number of carbonyl (C=O) groups excluding carboxylic acids is 1. The van der Waals surface area contributed by atoms with Gasteiger partial charge in [-0.3, -0.25) is 9.52 Å². The number of fused-ring (bicyclic) bond motifs is 1. The smallest absolute Gasteiger partial charge is 0.334 e. The van der Waals surface area contributed by atoms with Gasteiger partial charge in [0.2, 0.25) is 0 Å². The highest BCUT2D eigenvalue weighted by molar-refractivity contribution is 7.93. The standard InChI is InChI=1S/C18H17F3N2O3S/c1-12-2-5-14-8-9-23(17(24)16(14)10-12)11-13-3-6-15(7-4-13)22-27(25,26)18(19,20)21/h2-7,10,22H,8-9,11H2,1H3. The van der Waals surface area contributed by atoms with Gasteiger partial charge in [-0.25, -0.2) is 0 Å². The van der Waals surface area contributed by atoms with Crippen molar-refractivity contribution >= 4 is 21.6 Å². The van der Waals surface area contributed by atoms with Gasteiger partial charge in [-0.15, -0.1) is 0 Å². The third kappa shape index (κ3) is 4.08. The first-order valence-electron chi connectivity index (χ1n) is 8.14. The van der Waals surface area contributed by atoms with Crippen molar-refractivity contribution in [1.82, 2.24) is 4.90 Å². The topological polar surface area (TPSA) is 66.5 Å². The van der Waals surface area contributed by atoms with Crippen LogP contribution in [0.1, 0.15) is 27.0 Å². The Morgan fingerprint density at radius 1 is 1.11 bits per heavy atom. The van der Waals surface area contributed by atoms with Crippen molar-refractivity contribution in [3.8, 4) is 0 Å². The molecule has 5 nitrogen and oxygen atoms in total. The summed E-state index contributed by atoms with van der Waals surface area (Å²) < 4.78 is 60.9. The van der Waals surface area contributed by atoms with Crippen molar-refractivity contribution < 1.29 is 26.4 Å². The molecule has 27 heavy (non-hydrogen) atoms. The van der Waals surface area contributed by atoms with Crippen LogP contribution in [0.4, 0.5) is 18.9 Å². The second-order valence-electron chi connectivity index (χ2n) is 6.39. The summed E-state index contributed by atoms with van der Waals surface area (Å²) in [6.07, 6.45) is 0.727. The molecule has 1 heterocycles. The Balaban J connectivity index is 1.71. The molecule has 0 saturated heterocycles. The fourth-order valence-electron chi connectivity index (χ4n) is 2.90. The molecule has 0 aliphatic carbocycles. The summed E-state index contributed by atoms with van der Waals surface area (Å²) >= 11 is 0. The minimum absolute atomic E-state index is 0.0956. The quantitative estimate of drug-likeness (QED) is 0.858. The summed E-state index contributed by atoms with van der Waals surface area (Å²) in [6, 6.07) is 11.2. The van der Waals surface area contributed by atoms with Gasteiger partial charge in [0, 0.05) is 24.3 Å². The Morgan fingerprint density at radius 2 is 1.78 bits per heavy atom. The summed E-state index contributed by atoms with van der Waals surface area (Å²) in [5.41, 5.74) is -2.23. The van der Waals surface area contributed by atoms with Gasteiger partial charge in [-0.05, 0) is 42.7 Å². The van der Waals surface area contributed by atoms with Crippen molar-refractivity contribution in [3.05, 3.63) is 64.7 Å². The number of benzene rings is 2. The molecule has 1 amide bonds. The summed E-state index contributed by atoms with van der Waals surface area (Å²) in [5.74, 6) is -0.0956. The highest BCUT2D eigenvalue weighted by Crippen LogP contribution is 2.26. The predicted molar refractivity (Wildman–Crippen MR) is 94.7 cm³/mol. The van der Waals surface area contributed by atoms with E-state index in [4.69, 9.17) is 0 Å². The monoisotopic (exact) mass is 398 g/mol. The SMILES string of the molecule is Cc1ccc2c(c1)C(=O)N(Cc1ccc(NS(=O)(=O)C(F)(F)F)cc1)CC2. The van der Waals surface area contributed by atoms with Gasteiger partial charge in [-0.1, -0.05) is 29.8 Å². The fraction of sp³-hybridized carbons (Fsp3) is 0.278. The van der Waals surface area contributed by atoms with Gasteiger partial charge in [0.25, 0.3) is 5.91 Å². The summed E-state index contributed by atoms with van der Waals surface area (Å²) in [7, 11) is -5.45. The molecule has 1 N–H and O–H groups in total. The predicted octanol–water partition coefficient (Wildman–Crippen LogP) is 3.46. The number of anilines is 1. The molecule has 0 spiro atoms. The van der Waals surface area contributed by atoms with E-state index < -0.39 is 15.5 Å². The largest absolute Gasteiger partial charge is 0.516 e. The highest BCUT2D eigenvalue weighted by atomic mass is 32.2. The van der Waals surface area contributed by atoms with Crippen LogP contribution in [0, 0.1) is 6.92 Å². The molecular formula is C18H17F3N2O3S. The number of halogens is 3. The van der Waals surface area contributed by atoms with Crippen LogP contribution in [0.2, 0.25) is 0 Å². The maximum Gasteiger partial charge on any atom is 0.516 e. The number of alkyl halides is 3. The van der Waals surface area contributed by atoms with Crippen LogP contribution < -0.4 is 4.72 Å². The van der Waals surface area contributed by atoms with Gasteiger partial charge in [0.1, 0.15) is 0 Å². The zero-order chi connectivity index (χ0) is 19.8. The number of sulfonamides is 1. The van der Waals surface area contributed by atoms with E-state index in [0.29, 0.717) is 24.2 Å². The molecule has 2 aromatic carbocycles. The normalized spacial score (nSPS) is 14.8. The fourth-order valence-corrected chi connectivity index (χ4v) is 3.46. The maximum atomic E-state index is 12.6. The van der Waals surface area contributed by atoms with Crippen molar-refractivity contribution in [1.29, 1.82) is 0 Å². The van der Waals surface area contributed by atoms with Crippen molar-refractivity contribution in [2.45, 2.75) is 25.4 Å². The molecular weight excluding hydrogens is 381 g/mol. The lowest BCUT2D eigenvalue weighted by Gasteiger charge is -2.29. The molecule has 0 aromatic heterocycles. The first-order valence-corrected chi connectivity index (χ1v) is 9.62. The Labute approximate surface area is 154 Å². The van der Waals surface area contributed by atoms with Crippen LogP contribution in [-0.2, 0) is 23.0 Å². The number of hydrogen-bond acceptors (Lipinski definition) is 3. The minimum Gasteiger partial charge on any atom is -0.334 e. The number of carbonyl (C=O) groups is 1. The molecule has 1 aliphatic heterocycles. The number of amides is 1. The average molecular weight is 398 g/mol. The number of nitrogens with one attached hydrogen (secondary N) is 1. The van der Waals surface area contributed by atoms with Crippen LogP contribution in [-0.4, -0.2) is 31.3 Å². The molecule has 2 aromatic rings. The Morgan fingerprint density at radius 3 is 2.41 bits per heavy atom. The minimum atomic E-state index is -5.45. The van der Waals surface area contributed by atoms with Gasteiger partial charge in [0.05, 0.1) is 0 Å². The van der Waals surface area contributed by atoms with E-state index in [1.807, 2.05) is 25.1 Å². The van der Waals surface area contributed by atoms with Crippen molar-refractivity contribution in [2.24, 2.45) is 0 Å². The van der Waals surface area contributed by atoms with Crippen LogP contribution >= 0.6 is 0 Å². The molecule has 0 atom stereocenters. The third-order valence-electron chi connectivity index (χ3n) is 4.32. The maximum absolute atomic E-state index is 12.6. The van der Waals surface area contributed by atoms with E-state index in [-0.39, 0.29) is 11.6 Å². The molecule has 9 heteroatoms. The van der Waals surface area contributed by atoms with Crippen LogP contribution in [0.25, 0.3) is 0 Å². The van der Waals surface area contributed by atoms with Gasteiger partial charge in [0.15, 0.2) is 0 Å². The van der Waals surface area contributed by atoms with Gasteiger partial charge in [-0.2, -0.15) is 21.6 Å². The average Bonchev–Trinajstić information content (AvgIpc) is 2.58. The van der Waals surface area contributed by atoms with E-state index in [1.54, 1.807) is 4.90 Å². The first-order chi connectivity index (χ1) is 12.6. The lowest BCUT2D eigenvalue weighted by molar-refractivity contribution is -0.0429. The van der Waals surface area contributed by atoms with E-state index in [9.17, 15) is 26.4 Å². The molecule has 0 unspecified atom stereocenters. The summed E-state index contributed by atoms with van der Waals surface area (Å²) in [5, 5.41) is 0. The van der Waals surface area contributed by atoms with Crippen molar-refractivity contribution in [3.63, 3.8) is 0 Å². The number of hydrogen-bond donors (Lipinski definition) is 1. The molecule has 3 rings (SSSR count). The van der Waals surface area contributed by atoms with E-state index in [2.05, 4.69) is 0 Å². The summed E-state index contributed by atoms with van der Waals surface area (Å²) in [6.45, 7) is 2.74. The lowest BCUT2D eigenvalue weighted by Crippen LogP contribution is -2.37. The summed E-state index contributed by atoms with van der Waals surface area (Å²) in [4.78, 5) is 14.3. The van der Waals surface area contributed by atoms with E-state index >= 15 is 0 Å². The molecule has 1 aliphatic rings. The van der Waals surface area contributed by atoms with Crippen LogP contribution in [0.3, 0.4) is 0 Å². The van der Waals surface area contributed by atoms with E-state index in [0.717, 1.165) is 17.5 Å². The molecule has 0 radical (unpaired) electrons. The lowest BCUT2D eigenvalue weighted by atomic mass is 9.96. The molecule has 0 saturated carbocycles. The van der Waals surface area contributed by atoms with Crippen LogP contribution in [0.15, 0.2) is 42.5 Å². The Kier molecular flexibility index (Phi) is 4.90. The second-order valence-corrected chi connectivity index (χ2v) is 8.06. The Bertz CT molecular complexity index is 970. The Hall–Kier alpha value is -2.55. The first kappa shape index (κ1) is 19.2. The van der Waals surface area contributed by atoms with Crippen LogP contribution in [0.5, 0.6) is 0 Å². The zero-order valence-corrected chi connectivity index (χ0v) is 15.2. The van der Waals surface area contributed by atoms with Gasteiger partial charge < -0.3 is 4.90 Å². The number of rotatable bonds is 4. The highest BCUT2D eigenvalue weighted by Gasteiger charge is 2.46.